The maximum absolute atomic E-state index is 13.0. The summed E-state index contributed by atoms with van der Waals surface area (Å²) < 4.78 is 17.2. The maximum atomic E-state index is 13.0. The van der Waals surface area contributed by atoms with Crippen molar-refractivity contribution < 1.29 is 39.4 Å². The van der Waals surface area contributed by atoms with Gasteiger partial charge in [0.1, 0.15) is 24.4 Å². The lowest BCUT2D eigenvalue weighted by atomic mass is 9.94. The number of rotatable bonds is 7. The number of nitrogens with one attached hydrogen (secondary N) is 2. The van der Waals surface area contributed by atoms with E-state index in [0.717, 1.165) is 5.56 Å². The summed E-state index contributed by atoms with van der Waals surface area (Å²) >= 11 is 1.33. The number of benzene rings is 1. The van der Waals surface area contributed by atoms with Crippen LogP contribution >= 0.6 is 11.8 Å². The Kier molecular flexibility index (Phi) is 9.04. The van der Waals surface area contributed by atoms with Gasteiger partial charge in [-0.2, -0.15) is 0 Å². The predicted molar refractivity (Wildman–Crippen MR) is 145 cm³/mol. The van der Waals surface area contributed by atoms with E-state index >= 15 is 0 Å². The zero-order chi connectivity index (χ0) is 28.4. The van der Waals surface area contributed by atoms with Gasteiger partial charge in [-0.25, -0.2) is 0 Å². The van der Waals surface area contributed by atoms with Crippen LogP contribution in [-0.4, -0.2) is 84.1 Å². The molecule has 1 aliphatic carbocycles. The number of anilines is 1. The van der Waals surface area contributed by atoms with Gasteiger partial charge in [0, 0.05) is 12.5 Å². The number of thioether (sulfide) groups is 1. The van der Waals surface area contributed by atoms with E-state index in [-0.39, 0.29) is 17.1 Å². The molecule has 0 aromatic heterocycles. The second-order valence-corrected chi connectivity index (χ2v) is 10.3. The molecule has 6 atom stereocenters. The first kappa shape index (κ1) is 29.1. The molecule has 2 aromatic rings. The molecule has 12 heteroatoms. The minimum absolute atomic E-state index is 0.158. The third kappa shape index (κ3) is 5.58. The van der Waals surface area contributed by atoms with Gasteiger partial charge in [0.2, 0.25) is 5.91 Å². The summed E-state index contributed by atoms with van der Waals surface area (Å²) in [5, 5.41) is 46.6. The van der Waals surface area contributed by atoms with Crippen LogP contribution in [0.2, 0.25) is 0 Å². The Morgan fingerprint density at radius 2 is 1.82 bits per heavy atom. The highest BCUT2D eigenvalue weighted by Crippen LogP contribution is 2.50. The van der Waals surface area contributed by atoms with E-state index in [1.165, 1.54) is 32.9 Å². The molecule has 0 radical (unpaired) electrons. The minimum atomic E-state index is -1.56. The summed E-state index contributed by atoms with van der Waals surface area (Å²) in [5.41, 5.74) is 3.09. The average Bonchev–Trinajstić information content (AvgIpc) is 3.16. The summed E-state index contributed by atoms with van der Waals surface area (Å²) in [5.74, 6) is 0.405. The Hall–Kier alpha value is -2.87. The highest BCUT2D eigenvalue weighted by molar-refractivity contribution is 7.98. The number of aryl methyl sites for hydroxylation is 1. The van der Waals surface area contributed by atoms with Crippen LogP contribution in [0.3, 0.4) is 0 Å². The fraction of sp³-hybridized carbons (Fsp3) is 0.481. The molecule has 39 heavy (non-hydrogen) atoms. The van der Waals surface area contributed by atoms with Crippen molar-refractivity contribution in [2.75, 3.05) is 32.4 Å². The molecule has 1 fully saturated rings. The summed E-state index contributed by atoms with van der Waals surface area (Å²) in [6.45, 7) is 0.865. The van der Waals surface area contributed by atoms with Gasteiger partial charge in [-0.3, -0.25) is 9.59 Å². The molecule has 1 amide bonds. The summed E-state index contributed by atoms with van der Waals surface area (Å²) in [6.07, 6.45) is -4.04. The lowest BCUT2D eigenvalue weighted by molar-refractivity contribution is -0.221. The fourth-order valence-electron chi connectivity index (χ4n) is 5.23. The summed E-state index contributed by atoms with van der Waals surface area (Å²) in [7, 11) is 2.94. The maximum Gasteiger partial charge on any atom is 0.217 e. The quantitative estimate of drug-likeness (QED) is 0.264. The lowest BCUT2D eigenvalue weighted by Crippen LogP contribution is -2.60. The van der Waals surface area contributed by atoms with Crippen molar-refractivity contribution in [2.24, 2.45) is 0 Å². The third-order valence-electron chi connectivity index (χ3n) is 7.10. The summed E-state index contributed by atoms with van der Waals surface area (Å²) in [4.78, 5) is 25.6. The second-order valence-electron chi connectivity index (χ2n) is 9.49. The number of ether oxygens (including phenoxy) is 3. The minimum Gasteiger partial charge on any atom is -0.492 e. The van der Waals surface area contributed by atoms with Crippen LogP contribution in [0, 0.1) is 0 Å². The Morgan fingerprint density at radius 1 is 1.10 bits per heavy atom. The third-order valence-corrected chi connectivity index (χ3v) is 7.88. The van der Waals surface area contributed by atoms with Crippen LogP contribution in [-0.2, 0) is 16.0 Å². The zero-order valence-corrected chi connectivity index (χ0v) is 22.9. The number of aliphatic hydroxyl groups is 4. The molecule has 212 valence electrons. The van der Waals surface area contributed by atoms with Crippen molar-refractivity contribution in [2.45, 2.75) is 61.3 Å². The van der Waals surface area contributed by atoms with Crippen molar-refractivity contribution in [3.63, 3.8) is 0 Å². The van der Waals surface area contributed by atoms with Crippen LogP contribution in [0.25, 0.3) is 11.1 Å². The standard InChI is InChI=1S/C27H34N2O9S/c1-12(31)28-16-7-5-13-9-17(29-27-24(35)23(34)22(33)19(11-30)38-27)25(36-2)26(37-3)21(13)14-6-8-20(39-4)18(32)10-15(14)16/h6,8-10,16,19,22-24,27,29-30,33-35H,5,7,11H2,1-4H3,(H,28,31)/t16-,19+,22+,23-,24-,27+/m0/s1. The number of carbonyl (C=O) groups is 1. The van der Waals surface area contributed by atoms with Crippen molar-refractivity contribution in [1.82, 2.24) is 5.32 Å². The number of amides is 1. The van der Waals surface area contributed by atoms with Crippen molar-refractivity contribution in [3.05, 3.63) is 45.6 Å². The first-order chi connectivity index (χ1) is 18.6. The van der Waals surface area contributed by atoms with E-state index in [9.17, 15) is 30.0 Å². The molecule has 0 saturated carbocycles. The normalized spacial score (nSPS) is 26.1. The van der Waals surface area contributed by atoms with Gasteiger partial charge in [0.05, 0.1) is 37.5 Å². The largest absolute Gasteiger partial charge is 0.492 e. The zero-order valence-electron chi connectivity index (χ0n) is 22.1. The molecule has 6 N–H and O–H groups in total. The van der Waals surface area contributed by atoms with E-state index in [0.29, 0.717) is 45.9 Å². The van der Waals surface area contributed by atoms with E-state index in [4.69, 9.17) is 14.2 Å². The Morgan fingerprint density at radius 3 is 2.44 bits per heavy atom. The van der Waals surface area contributed by atoms with Crippen molar-refractivity contribution in [1.29, 1.82) is 0 Å². The number of methoxy groups -OCH3 is 2. The number of hydrogen-bond donors (Lipinski definition) is 6. The number of fused-ring (bicyclic) bond motifs is 3. The molecule has 2 aliphatic rings. The average molecular weight is 563 g/mol. The smallest absolute Gasteiger partial charge is 0.217 e. The monoisotopic (exact) mass is 562 g/mol. The van der Waals surface area contributed by atoms with Crippen LogP contribution < -0.4 is 25.5 Å². The van der Waals surface area contributed by atoms with Crippen LogP contribution in [0.4, 0.5) is 5.69 Å². The van der Waals surface area contributed by atoms with Gasteiger partial charge >= 0.3 is 0 Å². The Balaban J connectivity index is 1.89. The van der Waals surface area contributed by atoms with Crippen LogP contribution in [0.5, 0.6) is 11.5 Å². The molecule has 1 saturated heterocycles. The van der Waals surface area contributed by atoms with E-state index in [1.54, 1.807) is 18.2 Å². The topological polar surface area (TPSA) is 167 Å². The van der Waals surface area contributed by atoms with Crippen molar-refractivity contribution >= 4 is 23.4 Å². The number of aliphatic hydroxyl groups excluding tert-OH is 4. The van der Waals surface area contributed by atoms with Gasteiger partial charge in [0.25, 0.3) is 0 Å². The molecule has 4 rings (SSSR count). The van der Waals surface area contributed by atoms with Gasteiger partial charge in [-0.1, -0.05) is 6.07 Å². The second kappa shape index (κ2) is 12.1. The Bertz CT molecular complexity index is 1290. The van der Waals surface area contributed by atoms with Gasteiger partial charge in [-0.05, 0) is 54.0 Å². The molecule has 1 aliphatic heterocycles. The van der Waals surface area contributed by atoms with Gasteiger partial charge in [-0.15, -0.1) is 11.8 Å². The number of hydrogen-bond acceptors (Lipinski definition) is 11. The molecule has 0 bridgehead atoms. The molecular formula is C27H34N2O9S. The highest BCUT2D eigenvalue weighted by atomic mass is 32.2. The number of carbonyl (C=O) groups excluding carboxylic acids is 1. The van der Waals surface area contributed by atoms with Crippen molar-refractivity contribution in [3.8, 4) is 22.6 Å². The predicted octanol–water partition coefficient (Wildman–Crippen LogP) is 0.788. The molecule has 1 heterocycles. The van der Waals surface area contributed by atoms with E-state index < -0.39 is 43.3 Å². The molecule has 11 nitrogen and oxygen atoms in total. The summed E-state index contributed by atoms with van der Waals surface area (Å²) in [6, 6.07) is 6.52. The SMILES string of the molecule is COc1c(N[C@@H]2O[C@H](CO)[C@@H](O)[C@H](O)[C@@H]2O)cc2c(c1OC)-c1ccc(SC)c(=O)cc1[C@@H](NC(C)=O)CC2. The molecule has 0 unspecified atom stereocenters. The Labute approximate surface area is 230 Å². The van der Waals surface area contributed by atoms with Crippen LogP contribution in [0.15, 0.2) is 34.0 Å². The van der Waals surface area contributed by atoms with Gasteiger partial charge in [0.15, 0.2) is 23.2 Å². The molecular weight excluding hydrogens is 528 g/mol. The fourth-order valence-corrected chi connectivity index (χ4v) is 5.69. The first-order valence-corrected chi connectivity index (χ1v) is 13.7. The first-order valence-electron chi connectivity index (χ1n) is 12.5. The molecule has 0 spiro atoms. The highest BCUT2D eigenvalue weighted by Gasteiger charge is 2.44. The molecule has 2 aromatic carbocycles. The van der Waals surface area contributed by atoms with E-state index in [2.05, 4.69) is 10.6 Å². The van der Waals surface area contributed by atoms with Crippen LogP contribution in [0.1, 0.15) is 30.5 Å². The lowest BCUT2D eigenvalue weighted by Gasteiger charge is -2.40. The van der Waals surface area contributed by atoms with E-state index in [1.807, 2.05) is 12.3 Å². The van der Waals surface area contributed by atoms with Gasteiger partial charge < -0.3 is 45.3 Å².